The summed E-state index contributed by atoms with van der Waals surface area (Å²) in [6.07, 6.45) is 8.99. The van der Waals surface area contributed by atoms with Crippen molar-refractivity contribution in [1.82, 2.24) is 19.7 Å². The third-order valence-corrected chi connectivity index (χ3v) is 7.53. The van der Waals surface area contributed by atoms with Crippen molar-refractivity contribution in [3.8, 4) is 0 Å². The number of nitrogens with one attached hydrogen (secondary N) is 1. The minimum Gasteiger partial charge on any atom is -0.355 e. The summed E-state index contributed by atoms with van der Waals surface area (Å²) < 4.78 is 2.36. The molecule has 0 unspecified atom stereocenters. The zero-order chi connectivity index (χ0) is 21.6. The third-order valence-electron chi connectivity index (χ3n) is 7.53. The summed E-state index contributed by atoms with van der Waals surface area (Å²) in [5.74, 6) is 0.940. The van der Waals surface area contributed by atoms with Crippen LogP contribution in [0.15, 0.2) is 30.5 Å². The minimum absolute atomic E-state index is 0.248. The zero-order valence-corrected chi connectivity index (χ0v) is 19.5. The van der Waals surface area contributed by atoms with Crippen molar-refractivity contribution in [2.75, 3.05) is 32.7 Å². The molecule has 5 heteroatoms. The molecule has 1 aromatic carbocycles. The van der Waals surface area contributed by atoms with E-state index < -0.39 is 0 Å². The van der Waals surface area contributed by atoms with Crippen molar-refractivity contribution in [1.29, 1.82) is 0 Å². The van der Waals surface area contributed by atoms with Gasteiger partial charge in [0.1, 0.15) is 0 Å². The highest BCUT2D eigenvalue weighted by molar-refractivity contribution is 5.83. The molecule has 170 valence electrons. The van der Waals surface area contributed by atoms with Gasteiger partial charge in [-0.15, -0.1) is 0 Å². The normalized spacial score (nSPS) is 21.2. The number of aromatic nitrogens is 1. The first-order chi connectivity index (χ1) is 15.2. The summed E-state index contributed by atoms with van der Waals surface area (Å²) in [4.78, 5) is 17.4. The minimum atomic E-state index is 0.248. The maximum Gasteiger partial charge on any atom is 0.220 e. The van der Waals surface area contributed by atoms with Gasteiger partial charge in [-0.05, 0) is 82.8 Å². The molecule has 5 nitrogen and oxygen atoms in total. The number of hydrogen-bond donors (Lipinski definition) is 1. The van der Waals surface area contributed by atoms with Crippen molar-refractivity contribution in [2.45, 2.75) is 71.5 Å². The molecule has 3 heterocycles. The van der Waals surface area contributed by atoms with Crippen molar-refractivity contribution >= 4 is 16.8 Å². The summed E-state index contributed by atoms with van der Waals surface area (Å²) in [6.45, 7) is 11.9. The Morgan fingerprint density at radius 3 is 2.65 bits per heavy atom. The van der Waals surface area contributed by atoms with Crippen LogP contribution in [0.2, 0.25) is 0 Å². The first kappa shape index (κ1) is 22.3. The Balaban J connectivity index is 1.19. The molecule has 0 aliphatic carbocycles. The number of carbonyl (C=O) groups excluding carboxylic acids is 1. The van der Waals surface area contributed by atoms with E-state index in [1.54, 1.807) is 0 Å². The fourth-order valence-corrected chi connectivity index (χ4v) is 5.58. The predicted octanol–water partition coefficient (Wildman–Crippen LogP) is 4.25. The first-order valence-corrected chi connectivity index (χ1v) is 12.5. The first-order valence-electron chi connectivity index (χ1n) is 12.5. The van der Waals surface area contributed by atoms with Crippen LogP contribution in [-0.2, 0) is 17.9 Å². The monoisotopic (exact) mass is 424 g/mol. The Labute approximate surface area is 187 Å². The number of likely N-dealkylation sites (N-methyl/N-ethyl adjacent to an activating group) is 1. The lowest BCUT2D eigenvalue weighted by molar-refractivity contribution is -0.121. The van der Waals surface area contributed by atoms with Crippen LogP contribution in [0.1, 0.15) is 57.9 Å². The number of likely N-dealkylation sites (tertiary alicyclic amines) is 2. The number of hydrogen-bond acceptors (Lipinski definition) is 3. The maximum absolute atomic E-state index is 12.4. The molecule has 1 aromatic heterocycles. The van der Waals surface area contributed by atoms with E-state index in [-0.39, 0.29) is 5.91 Å². The van der Waals surface area contributed by atoms with E-state index in [1.165, 1.54) is 48.7 Å². The smallest absolute Gasteiger partial charge is 0.220 e. The van der Waals surface area contributed by atoms with E-state index in [2.05, 4.69) is 64.0 Å². The zero-order valence-electron chi connectivity index (χ0n) is 19.5. The highest BCUT2D eigenvalue weighted by atomic mass is 16.1. The Bertz CT molecular complexity index is 852. The van der Waals surface area contributed by atoms with Gasteiger partial charge >= 0.3 is 0 Å². The van der Waals surface area contributed by atoms with Crippen LogP contribution in [0.4, 0.5) is 0 Å². The average molecular weight is 425 g/mol. The van der Waals surface area contributed by atoms with Gasteiger partial charge in [0.15, 0.2) is 0 Å². The second-order valence-electron chi connectivity index (χ2n) is 9.44. The van der Waals surface area contributed by atoms with Gasteiger partial charge in [0.25, 0.3) is 0 Å². The standard InChI is InChI=1S/C26H40N4O/c1-3-29-15-7-8-23(29)18-27-26(31)12-11-21-13-16-28(17-14-21)19-22-20-30(4-2)25-10-6-5-9-24(22)25/h5-6,9-10,20-21,23H,3-4,7-8,11-19H2,1-2H3,(H,27,31)/t23-/m1/s1. The van der Waals surface area contributed by atoms with Gasteiger partial charge in [0, 0.05) is 49.2 Å². The second-order valence-corrected chi connectivity index (χ2v) is 9.44. The number of aryl methyl sites for hydroxylation is 1. The van der Waals surface area contributed by atoms with E-state index in [4.69, 9.17) is 0 Å². The number of para-hydroxylation sites is 1. The number of benzene rings is 1. The number of carbonyl (C=O) groups is 1. The van der Waals surface area contributed by atoms with E-state index in [9.17, 15) is 4.79 Å². The van der Waals surface area contributed by atoms with E-state index in [0.717, 1.165) is 45.7 Å². The summed E-state index contributed by atoms with van der Waals surface area (Å²) in [6, 6.07) is 9.32. The highest BCUT2D eigenvalue weighted by Gasteiger charge is 2.24. The Hall–Kier alpha value is -1.85. The number of amides is 1. The molecule has 2 aliphatic heterocycles. The molecular weight excluding hydrogens is 384 g/mol. The molecular formula is C26H40N4O. The predicted molar refractivity (Wildman–Crippen MR) is 128 cm³/mol. The molecule has 2 fully saturated rings. The molecule has 0 saturated carbocycles. The lowest BCUT2D eigenvalue weighted by atomic mass is 9.92. The van der Waals surface area contributed by atoms with Crippen molar-refractivity contribution in [3.05, 3.63) is 36.0 Å². The van der Waals surface area contributed by atoms with Gasteiger partial charge in [0.05, 0.1) is 0 Å². The van der Waals surface area contributed by atoms with Gasteiger partial charge in [-0.2, -0.15) is 0 Å². The van der Waals surface area contributed by atoms with Gasteiger partial charge in [0.2, 0.25) is 5.91 Å². The molecule has 1 amide bonds. The van der Waals surface area contributed by atoms with Gasteiger partial charge < -0.3 is 9.88 Å². The van der Waals surface area contributed by atoms with Crippen molar-refractivity contribution in [3.63, 3.8) is 0 Å². The summed E-state index contributed by atoms with van der Waals surface area (Å²) >= 11 is 0. The van der Waals surface area contributed by atoms with Crippen molar-refractivity contribution < 1.29 is 4.79 Å². The molecule has 4 rings (SSSR count). The summed E-state index contributed by atoms with van der Waals surface area (Å²) in [5.41, 5.74) is 2.80. The molecule has 31 heavy (non-hydrogen) atoms. The maximum atomic E-state index is 12.4. The summed E-state index contributed by atoms with van der Waals surface area (Å²) in [7, 11) is 0. The molecule has 1 atom stereocenters. The Kier molecular flexibility index (Phi) is 7.67. The van der Waals surface area contributed by atoms with Crippen LogP contribution in [-0.4, -0.2) is 59.0 Å². The average Bonchev–Trinajstić information content (AvgIpc) is 3.41. The van der Waals surface area contributed by atoms with Gasteiger partial charge in [-0.25, -0.2) is 0 Å². The lowest BCUT2D eigenvalue weighted by Gasteiger charge is -2.31. The van der Waals surface area contributed by atoms with Crippen LogP contribution in [0, 0.1) is 5.92 Å². The van der Waals surface area contributed by atoms with Crippen LogP contribution in [0.5, 0.6) is 0 Å². The summed E-state index contributed by atoms with van der Waals surface area (Å²) in [5, 5.41) is 4.60. The lowest BCUT2D eigenvalue weighted by Crippen LogP contribution is -2.40. The molecule has 0 spiro atoms. The number of piperidine rings is 1. The fourth-order valence-electron chi connectivity index (χ4n) is 5.58. The van der Waals surface area contributed by atoms with E-state index >= 15 is 0 Å². The number of fused-ring (bicyclic) bond motifs is 1. The van der Waals surface area contributed by atoms with Crippen molar-refractivity contribution in [2.24, 2.45) is 5.92 Å². The number of nitrogens with zero attached hydrogens (tertiary/aromatic N) is 3. The third kappa shape index (κ3) is 5.50. The number of rotatable bonds is 9. The second kappa shape index (κ2) is 10.6. The van der Waals surface area contributed by atoms with Crippen LogP contribution >= 0.6 is 0 Å². The van der Waals surface area contributed by atoms with E-state index in [0.29, 0.717) is 18.4 Å². The van der Waals surface area contributed by atoms with E-state index in [1.807, 2.05) is 0 Å². The fraction of sp³-hybridized carbons (Fsp3) is 0.654. The van der Waals surface area contributed by atoms with Crippen LogP contribution in [0.3, 0.4) is 0 Å². The molecule has 0 radical (unpaired) electrons. The van der Waals surface area contributed by atoms with Gasteiger partial charge in [-0.3, -0.25) is 14.6 Å². The van der Waals surface area contributed by atoms with Crippen LogP contribution < -0.4 is 5.32 Å². The highest BCUT2D eigenvalue weighted by Crippen LogP contribution is 2.27. The molecule has 1 N–H and O–H groups in total. The van der Waals surface area contributed by atoms with Gasteiger partial charge in [-0.1, -0.05) is 25.1 Å². The Morgan fingerprint density at radius 2 is 1.87 bits per heavy atom. The topological polar surface area (TPSA) is 40.5 Å². The largest absolute Gasteiger partial charge is 0.355 e. The molecule has 2 saturated heterocycles. The quantitative estimate of drug-likeness (QED) is 0.654. The molecule has 2 aromatic rings. The SMILES string of the molecule is CCN1CCC[C@@H]1CNC(=O)CCC1CCN(Cc2cn(CC)c3ccccc23)CC1. The Morgan fingerprint density at radius 1 is 1.06 bits per heavy atom. The molecule has 2 aliphatic rings. The van der Waals surface area contributed by atoms with Crippen LogP contribution in [0.25, 0.3) is 10.9 Å². The molecule has 0 bridgehead atoms.